The number of aryl methyl sites for hydroxylation is 1. The van der Waals surface area contributed by atoms with Gasteiger partial charge in [0, 0.05) is 38.9 Å². The Labute approximate surface area is 180 Å². The van der Waals surface area contributed by atoms with Crippen LogP contribution in [0.25, 0.3) is 0 Å². The van der Waals surface area contributed by atoms with Crippen LogP contribution < -0.4 is 0 Å². The molecule has 9 nitrogen and oxygen atoms in total. The van der Waals surface area contributed by atoms with Gasteiger partial charge in [-0.2, -0.15) is 5.10 Å². The molecular formula is C22H27N7O2. The number of benzene rings is 1. The molecule has 31 heavy (non-hydrogen) atoms. The first-order valence-electron chi connectivity index (χ1n) is 10.8. The van der Waals surface area contributed by atoms with Gasteiger partial charge in [-0.3, -0.25) is 14.4 Å². The van der Waals surface area contributed by atoms with E-state index in [9.17, 15) is 9.90 Å². The van der Waals surface area contributed by atoms with E-state index in [1.54, 1.807) is 15.6 Å². The van der Waals surface area contributed by atoms with E-state index in [-0.39, 0.29) is 18.1 Å². The smallest absolute Gasteiger partial charge is 0.274 e. The van der Waals surface area contributed by atoms with Gasteiger partial charge < -0.3 is 14.6 Å². The molecule has 2 aliphatic rings. The van der Waals surface area contributed by atoms with Crippen molar-refractivity contribution in [1.82, 2.24) is 34.3 Å². The van der Waals surface area contributed by atoms with Crippen LogP contribution in [-0.4, -0.2) is 64.6 Å². The molecule has 4 heterocycles. The molecule has 1 saturated heterocycles. The van der Waals surface area contributed by atoms with Gasteiger partial charge in [0.25, 0.3) is 5.91 Å². The highest BCUT2D eigenvalue weighted by molar-refractivity contribution is 5.92. The molecule has 1 fully saturated rings. The zero-order valence-corrected chi connectivity index (χ0v) is 17.6. The summed E-state index contributed by atoms with van der Waals surface area (Å²) in [6.45, 7) is 5.75. The van der Waals surface area contributed by atoms with Gasteiger partial charge in [0.1, 0.15) is 5.69 Å². The Morgan fingerprint density at radius 2 is 2.00 bits per heavy atom. The largest absolute Gasteiger partial charge is 0.392 e. The van der Waals surface area contributed by atoms with E-state index in [2.05, 4.69) is 36.9 Å². The third-order valence-electron chi connectivity index (χ3n) is 6.16. The molecular weight excluding hydrogens is 394 g/mol. The monoisotopic (exact) mass is 421 g/mol. The van der Waals surface area contributed by atoms with E-state index < -0.39 is 0 Å². The Bertz CT molecular complexity index is 1060. The second-order valence-corrected chi connectivity index (χ2v) is 8.23. The Kier molecular flexibility index (Phi) is 5.29. The molecule has 0 unspecified atom stereocenters. The number of aliphatic hydroxyl groups excluding tert-OH is 1. The molecule has 9 heteroatoms. The molecule has 0 aliphatic carbocycles. The van der Waals surface area contributed by atoms with Crippen LogP contribution in [0.2, 0.25) is 0 Å². The lowest BCUT2D eigenvalue weighted by atomic mass is 10.1. The molecule has 1 amide bonds. The SMILES string of the molecule is CCn1ccc(C(=O)N2CCn3c(nnc3[C@@H]3C[C@@H](O)CN3Cc3ccccc3)C2)n1. The van der Waals surface area contributed by atoms with Crippen LogP contribution in [0, 0.1) is 0 Å². The number of likely N-dealkylation sites (tertiary alicyclic amines) is 1. The van der Waals surface area contributed by atoms with Crippen LogP contribution in [0.15, 0.2) is 42.6 Å². The van der Waals surface area contributed by atoms with Gasteiger partial charge in [0.05, 0.1) is 18.7 Å². The number of aliphatic hydroxyl groups is 1. The number of amides is 1. The maximum atomic E-state index is 12.9. The van der Waals surface area contributed by atoms with Crippen LogP contribution >= 0.6 is 0 Å². The van der Waals surface area contributed by atoms with E-state index in [1.165, 1.54) is 5.56 Å². The summed E-state index contributed by atoms with van der Waals surface area (Å²) in [5, 5.41) is 23.6. The Morgan fingerprint density at radius 1 is 1.16 bits per heavy atom. The average molecular weight is 422 g/mol. The number of carbonyl (C=O) groups excluding carboxylic acids is 1. The predicted octanol–water partition coefficient (Wildman–Crippen LogP) is 1.46. The molecule has 2 aliphatic heterocycles. The number of fused-ring (bicyclic) bond motifs is 1. The maximum Gasteiger partial charge on any atom is 0.274 e. The van der Waals surface area contributed by atoms with Crippen LogP contribution in [0.5, 0.6) is 0 Å². The van der Waals surface area contributed by atoms with Crippen molar-refractivity contribution in [2.45, 2.75) is 51.7 Å². The summed E-state index contributed by atoms with van der Waals surface area (Å²) < 4.78 is 3.87. The summed E-state index contributed by atoms with van der Waals surface area (Å²) in [5.74, 6) is 1.58. The highest BCUT2D eigenvalue weighted by Gasteiger charge is 2.37. The summed E-state index contributed by atoms with van der Waals surface area (Å²) >= 11 is 0. The first kappa shape index (κ1) is 19.9. The second-order valence-electron chi connectivity index (χ2n) is 8.23. The molecule has 3 aromatic rings. The molecule has 0 radical (unpaired) electrons. The number of rotatable bonds is 5. The van der Waals surface area contributed by atoms with Crippen molar-refractivity contribution in [1.29, 1.82) is 0 Å². The third kappa shape index (κ3) is 3.86. The average Bonchev–Trinajstić information content (AvgIpc) is 3.51. The number of nitrogens with zero attached hydrogens (tertiary/aromatic N) is 7. The minimum absolute atomic E-state index is 0.0129. The van der Waals surface area contributed by atoms with Crippen molar-refractivity contribution in [2.75, 3.05) is 13.1 Å². The third-order valence-corrected chi connectivity index (χ3v) is 6.16. The number of hydrogen-bond acceptors (Lipinski definition) is 6. The maximum absolute atomic E-state index is 12.9. The minimum Gasteiger partial charge on any atom is -0.392 e. The lowest BCUT2D eigenvalue weighted by molar-refractivity contribution is 0.0697. The molecule has 2 atom stereocenters. The van der Waals surface area contributed by atoms with Gasteiger partial charge in [0.15, 0.2) is 11.6 Å². The fourth-order valence-electron chi connectivity index (χ4n) is 4.55. The fraction of sp³-hybridized carbons (Fsp3) is 0.455. The summed E-state index contributed by atoms with van der Waals surface area (Å²) in [6, 6.07) is 12.1. The number of β-amino-alcohol motifs (C(OH)–C–C–N with tert-alkyl or cyclic N) is 1. The van der Waals surface area contributed by atoms with Gasteiger partial charge in [-0.15, -0.1) is 10.2 Å². The zero-order valence-electron chi connectivity index (χ0n) is 17.6. The topological polar surface area (TPSA) is 92.3 Å². The minimum atomic E-state index is -0.378. The predicted molar refractivity (Wildman–Crippen MR) is 113 cm³/mol. The Hall–Kier alpha value is -3.04. The van der Waals surface area contributed by atoms with Crippen molar-refractivity contribution in [3.63, 3.8) is 0 Å². The van der Waals surface area contributed by atoms with Crippen LogP contribution in [-0.2, 0) is 26.2 Å². The molecule has 162 valence electrons. The van der Waals surface area contributed by atoms with E-state index in [0.717, 1.165) is 24.7 Å². The highest BCUT2D eigenvalue weighted by Crippen LogP contribution is 2.33. The zero-order chi connectivity index (χ0) is 21.4. The molecule has 1 aromatic carbocycles. The van der Waals surface area contributed by atoms with E-state index in [4.69, 9.17) is 0 Å². The van der Waals surface area contributed by atoms with Crippen molar-refractivity contribution < 1.29 is 9.90 Å². The second kappa shape index (κ2) is 8.24. The van der Waals surface area contributed by atoms with Crippen molar-refractivity contribution in [3.05, 3.63) is 65.5 Å². The molecule has 0 saturated carbocycles. The lowest BCUT2D eigenvalue weighted by Crippen LogP contribution is -2.39. The van der Waals surface area contributed by atoms with Gasteiger partial charge >= 0.3 is 0 Å². The number of hydrogen-bond donors (Lipinski definition) is 1. The highest BCUT2D eigenvalue weighted by atomic mass is 16.3. The van der Waals surface area contributed by atoms with Crippen molar-refractivity contribution in [2.24, 2.45) is 0 Å². The van der Waals surface area contributed by atoms with Gasteiger partial charge in [-0.1, -0.05) is 30.3 Å². The summed E-state index contributed by atoms with van der Waals surface area (Å²) in [6.07, 6.45) is 2.09. The Balaban J connectivity index is 1.33. The molecule has 2 aromatic heterocycles. The Morgan fingerprint density at radius 3 is 2.77 bits per heavy atom. The quantitative estimate of drug-likeness (QED) is 0.671. The summed E-state index contributed by atoms with van der Waals surface area (Å²) in [4.78, 5) is 16.9. The first-order chi connectivity index (χ1) is 15.1. The van der Waals surface area contributed by atoms with Crippen molar-refractivity contribution in [3.8, 4) is 0 Å². The van der Waals surface area contributed by atoms with Crippen LogP contribution in [0.4, 0.5) is 0 Å². The number of carbonyl (C=O) groups is 1. The van der Waals surface area contributed by atoms with Gasteiger partial charge in [-0.05, 0) is 25.0 Å². The molecule has 5 rings (SSSR count). The van der Waals surface area contributed by atoms with Crippen LogP contribution in [0.3, 0.4) is 0 Å². The molecule has 0 bridgehead atoms. The lowest BCUT2D eigenvalue weighted by Gasteiger charge is -2.29. The van der Waals surface area contributed by atoms with E-state index >= 15 is 0 Å². The van der Waals surface area contributed by atoms with Crippen molar-refractivity contribution >= 4 is 5.91 Å². The van der Waals surface area contributed by atoms with Crippen LogP contribution in [0.1, 0.15) is 47.1 Å². The van der Waals surface area contributed by atoms with Gasteiger partial charge in [-0.25, -0.2) is 0 Å². The molecule has 1 N–H and O–H groups in total. The van der Waals surface area contributed by atoms with Gasteiger partial charge in [0.2, 0.25) is 0 Å². The fourth-order valence-corrected chi connectivity index (χ4v) is 4.55. The molecule has 0 spiro atoms. The summed E-state index contributed by atoms with van der Waals surface area (Å²) in [5.41, 5.74) is 1.67. The summed E-state index contributed by atoms with van der Waals surface area (Å²) in [7, 11) is 0. The number of aromatic nitrogens is 5. The van der Waals surface area contributed by atoms with E-state index in [1.807, 2.05) is 31.3 Å². The normalized spacial score (nSPS) is 21.4. The first-order valence-corrected chi connectivity index (χ1v) is 10.8. The van der Waals surface area contributed by atoms with E-state index in [0.29, 0.717) is 38.3 Å². The standard InChI is InChI=1S/C22H27N7O2/c1-2-28-9-8-18(25-28)22(31)26-10-11-29-20(15-26)23-24-21(29)19-12-17(30)14-27(19)13-16-6-4-3-5-7-16/h3-9,17,19,30H,2,10-15H2,1H3/t17-,19+/m1/s1.